The van der Waals surface area contributed by atoms with E-state index >= 15 is 0 Å². The van der Waals surface area contributed by atoms with Crippen LogP contribution in [0.4, 0.5) is 0 Å². The standard InChI is InChI=1S/C26H20Br2O2Si/c1-29-22-13-18-19-14-23(30-2)25(28)31-24(19)26(20(18)15-21(22)27,16-9-5-3-6-10-16)17-11-7-4-8-12-17/h3-15,31H,1-2H3. The van der Waals surface area contributed by atoms with Gasteiger partial charge >= 0.3 is 0 Å². The third-order valence-corrected chi connectivity index (χ3v) is 9.36. The first kappa shape index (κ1) is 20.7. The predicted octanol–water partition coefficient (Wildman–Crippen LogP) is 6.66. The summed E-state index contributed by atoms with van der Waals surface area (Å²) in [6, 6.07) is 28.2. The molecule has 2 nitrogen and oxygen atoms in total. The van der Waals surface area contributed by atoms with Crippen molar-refractivity contribution < 1.29 is 9.47 Å². The van der Waals surface area contributed by atoms with Crippen LogP contribution in [-0.2, 0) is 5.41 Å². The van der Waals surface area contributed by atoms with Crippen molar-refractivity contribution in [2.24, 2.45) is 0 Å². The van der Waals surface area contributed by atoms with Gasteiger partial charge in [-0.15, -0.1) is 0 Å². The molecule has 0 amide bonds. The minimum atomic E-state index is -0.369. The highest BCUT2D eigenvalue weighted by Gasteiger charge is 2.46. The molecule has 5 heteroatoms. The molecule has 0 unspecified atom stereocenters. The molecule has 0 radical (unpaired) electrons. The molecule has 0 atom stereocenters. The molecule has 1 aliphatic rings. The molecule has 4 aromatic rings. The lowest BCUT2D eigenvalue weighted by Crippen LogP contribution is -2.30. The Bertz CT molecular complexity index is 1170. The van der Waals surface area contributed by atoms with Gasteiger partial charge in [-0.05, 0) is 67.1 Å². The summed E-state index contributed by atoms with van der Waals surface area (Å²) in [6.45, 7) is 0. The smallest absolute Gasteiger partial charge is 0.133 e. The van der Waals surface area contributed by atoms with E-state index in [9.17, 15) is 0 Å². The fraction of sp³-hybridized carbons (Fsp3) is 0.115. The lowest BCUT2D eigenvalue weighted by molar-refractivity contribution is 0.412. The van der Waals surface area contributed by atoms with Gasteiger partial charge in [-0.2, -0.15) is 0 Å². The average Bonchev–Trinajstić information content (AvgIpc) is 3.07. The van der Waals surface area contributed by atoms with E-state index in [0.29, 0.717) is 0 Å². The summed E-state index contributed by atoms with van der Waals surface area (Å²) in [5, 5.41) is 1.42. The van der Waals surface area contributed by atoms with E-state index in [1.165, 1.54) is 33.0 Å². The van der Waals surface area contributed by atoms with Crippen molar-refractivity contribution in [1.82, 2.24) is 0 Å². The van der Waals surface area contributed by atoms with E-state index in [-0.39, 0.29) is 14.5 Å². The molecule has 31 heavy (non-hydrogen) atoms. The molecule has 0 bridgehead atoms. The first-order valence-electron chi connectivity index (χ1n) is 9.98. The van der Waals surface area contributed by atoms with Crippen molar-refractivity contribution in [2.75, 3.05) is 14.2 Å². The van der Waals surface area contributed by atoms with E-state index < -0.39 is 0 Å². The molecule has 0 fully saturated rings. The van der Waals surface area contributed by atoms with Crippen molar-refractivity contribution in [3.63, 3.8) is 0 Å². The highest BCUT2D eigenvalue weighted by atomic mass is 79.9. The maximum atomic E-state index is 5.71. The number of halogens is 2. The molecule has 3 aromatic carbocycles. The van der Waals surface area contributed by atoms with E-state index in [1.54, 1.807) is 14.2 Å². The Morgan fingerprint density at radius 3 is 1.81 bits per heavy atom. The summed E-state index contributed by atoms with van der Waals surface area (Å²) >= 11 is 7.58. The average molecular weight is 552 g/mol. The minimum absolute atomic E-state index is 0.183. The van der Waals surface area contributed by atoms with E-state index in [2.05, 4.69) is 111 Å². The zero-order chi connectivity index (χ0) is 21.6. The third kappa shape index (κ3) is 3.05. The maximum Gasteiger partial charge on any atom is 0.133 e. The van der Waals surface area contributed by atoms with Gasteiger partial charge in [-0.25, -0.2) is 0 Å². The summed E-state index contributed by atoms with van der Waals surface area (Å²) in [6.07, 6.45) is 0. The van der Waals surface area contributed by atoms with Gasteiger partial charge in [0.2, 0.25) is 0 Å². The quantitative estimate of drug-likeness (QED) is 0.232. The number of methoxy groups -OCH3 is 2. The van der Waals surface area contributed by atoms with Gasteiger partial charge in [0, 0.05) is 4.08 Å². The summed E-state index contributed by atoms with van der Waals surface area (Å²) < 4.78 is 13.5. The van der Waals surface area contributed by atoms with Gasteiger partial charge in [-0.3, -0.25) is 0 Å². The van der Waals surface area contributed by atoms with Crippen molar-refractivity contribution in [3.05, 3.63) is 109 Å². The lowest BCUT2D eigenvalue weighted by atomic mass is 9.70. The van der Waals surface area contributed by atoms with Crippen LogP contribution in [0.25, 0.3) is 11.1 Å². The predicted molar refractivity (Wildman–Crippen MR) is 135 cm³/mol. The SMILES string of the molecule is COc1cc2c(cc1Br)C(c1ccccc1)(c1ccccc1)c1[siH]c(Br)c(OC)cc1-2. The normalized spacial score (nSPS) is 13.4. The van der Waals surface area contributed by atoms with Gasteiger partial charge in [-0.1, -0.05) is 76.6 Å². The fourth-order valence-corrected chi connectivity index (χ4v) is 7.96. The first-order valence-corrected chi connectivity index (χ1v) is 12.7. The Labute approximate surface area is 201 Å². The molecule has 0 saturated heterocycles. The number of hydrogen-bond donors (Lipinski definition) is 0. The number of hydrogen-bond acceptors (Lipinski definition) is 2. The van der Waals surface area contributed by atoms with Crippen LogP contribution >= 0.6 is 31.9 Å². The highest BCUT2D eigenvalue weighted by Crippen LogP contribution is 2.57. The molecule has 0 N–H and O–H groups in total. The van der Waals surface area contributed by atoms with Gasteiger partial charge in [0.25, 0.3) is 0 Å². The molecule has 1 aromatic heterocycles. The molecular formula is C26H20Br2O2Si. The zero-order valence-electron chi connectivity index (χ0n) is 17.2. The molecule has 0 aliphatic heterocycles. The van der Waals surface area contributed by atoms with Crippen LogP contribution in [0.5, 0.6) is 11.5 Å². The Hall–Kier alpha value is -2.21. The maximum absolute atomic E-state index is 5.71. The van der Waals surface area contributed by atoms with Gasteiger partial charge in [0.05, 0.1) is 33.2 Å². The monoisotopic (exact) mass is 550 g/mol. The van der Waals surface area contributed by atoms with E-state index in [4.69, 9.17) is 9.47 Å². The molecule has 5 rings (SSSR count). The number of benzene rings is 3. The molecule has 0 spiro atoms. The van der Waals surface area contributed by atoms with Gasteiger partial charge in [0.15, 0.2) is 0 Å². The number of ether oxygens (including phenoxy) is 2. The molecular weight excluding hydrogens is 532 g/mol. The highest BCUT2D eigenvalue weighted by molar-refractivity contribution is 9.11. The molecule has 1 heterocycles. The second kappa shape index (κ2) is 8.04. The summed E-state index contributed by atoms with van der Waals surface area (Å²) in [7, 11) is 3.26. The van der Waals surface area contributed by atoms with Crippen LogP contribution in [0, 0.1) is 0 Å². The van der Waals surface area contributed by atoms with Crippen molar-refractivity contribution >= 4 is 41.0 Å². The Morgan fingerprint density at radius 1 is 0.710 bits per heavy atom. The van der Waals surface area contributed by atoms with Crippen molar-refractivity contribution in [2.45, 2.75) is 5.41 Å². The van der Waals surface area contributed by atoms with Crippen LogP contribution in [0.15, 0.2) is 87.4 Å². The van der Waals surface area contributed by atoms with Gasteiger partial charge in [0.1, 0.15) is 11.5 Å². The van der Waals surface area contributed by atoms with Crippen LogP contribution < -0.4 is 9.47 Å². The van der Waals surface area contributed by atoms with Crippen LogP contribution in [-0.4, -0.2) is 23.3 Å². The van der Waals surface area contributed by atoms with Crippen LogP contribution in [0.2, 0.25) is 0 Å². The second-order valence-electron chi connectivity index (χ2n) is 7.55. The molecule has 154 valence electrons. The van der Waals surface area contributed by atoms with Gasteiger partial charge < -0.3 is 9.47 Å². The third-order valence-electron chi connectivity index (χ3n) is 6.10. The Balaban J connectivity index is 1.99. The first-order chi connectivity index (χ1) is 15.1. The molecule has 0 saturated carbocycles. The Kier molecular flexibility index (Phi) is 5.36. The Morgan fingerprint density at radius 2 is 1.26 bits per heavy atom. The zero-order valence-corrected chi connectivity index (χ0v) is 21.5. The number of rotatable bonds is 4. The van der Waals surface area contributed by atoms with E-state index in [1.807, 2.05) is 0 Å². The van der Waals surface area contributed by atoms with Crippen LogP contribution in [0.1, 0.15) is 21.9 Å². The van der Waals surface area contributed by atoms with E-state index in [0.717, 1.165) is 20.1 Å². The summed E-state index contributed by atoms with van der Waals surface area (Å²) in [4.78, 5) is 0. The molecule has 1 aliphatic carbocycles. The fourth-order valence-electron chi connectivity index (χ4n) is 4.80. The number of fused-ring (bicyclic) bond motifs is 3. The topological polar surface area (TPSA) is 18.5 Å². The van der Waals surface area contributed by atoms with Crippen LogP contribution in [0.3, 0.4) is 0 Å². The second-order valence-corrected chi connectivity index (χ2v) is 11.5. The summed E-state index contributed by atoms with van der Waals surface area (Å²) in [5.74, 6) is 1.73. The summed E-state index contributed by atoms with van der Waals surface area (Å²) in [5.41, 5.74) is 5.88. The lowest BCUT2D eigenvalue weighted by Gasteiger charge is -2.34. The van der Waals surface area contributed by atoms with Crippen molar-refractivity contribution in [3.8, 4) is 22.6 Å². The van der Waals surface area contributed by atoms with Crippen molar-refractivity contribution in [1.29, 1.82) is 0 Å². The minimum Gasteiger partial charge on any atom is -0.496 e. The largest absolute Gasteiger partial charge is 0.496 e.